The summed E-state index contributed by atoms with van der Waals surface area (Å²) in [6, 6.07) is -0.885. The maximum absolute atomic E-state index is 11.2. The predicted octanol–water partition coefficient (Wildman–Crippen LogP) is -0.923. The largest absolute Gasteiger partial charge is 0.351 e. The number of primary amides is 1. The van der Waals surface area contributed by atoms with Gasteiger partial charge in [0.2, 0.25) is 0 Å². The average Bonchev–Trinajstić information content (AvgIpc) is 2.28. The summed E-state index contributed by atoms with van der Waals surface area (Å²) in [5.41, 5.74) is 5.63. The van der Waals surface area contributed by atoms with Gasteiger partial charge in [0.25, 0.3) is 5.91 Å². The minimum Gasteiger partial charge on any atom is -0.351 e. The van der Waals surface area contributed by atoms with Crippen molar-refractivity contribution in [2.75, 3.05) is 0 Å². The van der Waals surface area contributed by atoms with Crippen LogP contribution in [0.5, 0.6) is 0 Å². The molecular weight excluding hydrogens is 172 g/mol. The Morgan fingerprint density at radius 1 is 1.46 bits per heavy atom. The molecule has 3 amide bonds. The molecule has 0 bridgehead atoms. The van der Waals surface area contributed by atoms with E-state index in [9.17, 15) is 9.59 Å². The molecule has 1 rings (SSSR count). The molecule has 70 valence electrons. The second-order valence-electron chi connectivity index (χ2n) is 2.55. The zero-order valence-corrected chi connectivity index (χ0v) is 7.10. The minimum absolute atomic E-state index is 0.254. The monoisotopic (exact) mass is 182 g/mol. The standard InChI is InChI=1S/C7H10N4O2/c1-3-5(10-4(2)9-3)6(12)11-7(8)13/h9-10H,2H2,1H3,(H3,8,11,12,13). The van der Waals surface area contributed by atoms with Crippen LogP contribution in [0.3, 0.4) is 0 Å². The molecule has 0 saturated carbocycles. The Hall–Kier alpha value is -1.98. The van der Waals surface area contributed by atoms with Gasteiger partial charge in [-0.3, -0.25) is 10.1 Å². The summed E-state index contributed by atoms with van der Waals surface area (Å²) < 4.78 is 0. The Bertz CT molecular complexity index is 318. The maximum Gasteiger partial charge on any atom is 0.319 e. The van der Waals surface area contributed by atoms with Gasteiger partial charge < -0.3 is 16.4 Å². The second-order valence-corrected chi connectivity index (χ2v) is 2.55. The van der Waals surface area contributed by atoms with Crippen LogP contribution in [0.15, 0.2) is 23.8 Å². The minimum atomic E-state index is -0.885. The number of urea groups is 1. The lowest BCUT2D eigenvalue weighted by Crippen LogP contribution is -2.38. The highest BCUT2D eigenvalue weighted by molar-refractivity contribution is 6.03. The van der Waals surface area contributed by atoms with E-state index in [1.54, 1.807) is 6.92 Å². The first-order valence-electron chi connectivity index (χ1n) is 3.55. The molecule has 0 aromatic carbocycles. The summed E-state index contributed by atoms with van der Waals surface area (Å²) in [4.78, 5) is 21.5. The number of carbonyl (C=O) groups is 2. The van der Waals surface area contributed by atoms with Crippen molar-refractivity contribution >= 4 is 11.9 Å². The lowest BCUT2D eigenvalue weighted by molar-refractivity contribution is -0.116. The van der Waals surface area contributed by atoms with Gasteiger partial charge in [-0.25, -0.2) is 4.79 Å². The molecule has 0 fully saturated rings. The zero-order valence-electron chi connectivity index (χ0n) is 7.10. The summed E-state index contributed by atoms with van der Waals surface area (Å²) in [7, 11) is 0. The van der Waals surface area contributed by atoms with Gasteiger partial charge >= 0.3 is 6.03 Å². The van der Waals surface area contributed by atoms with Gasteiger partial charge in [0.15, 0.2) is 0 Å². The Morgan fingerprint density at radius 2 is 2.08 bits per heavy atom. The highest BCUT2D eigenvalue weighted by Crippen LogP contribution is 2.07. The predicted molar refractivity (Wildman–Crippen MR) is 45.8 cm³/mol. The fourth-order valence-electron chi connectivity index (χ4n) is 0.966. The highest BCUT2D eigenvalue weighted by Gasteiger charge is 2.20. The van der Waals surface area contributed by atoms with Crippen LogP contribution < -0.4 is 21.7 Å². The number of hydrogen-bond donors (Lipinski definition) is 4. The van der Waals surface area contributed by atoms with E-state index in [4.69, 9.17) is 5.73 Å². The van der Waals surface area contributed by atoms with Gasteiger partial charge in [-0.05, 0) is 6.92 Å². The van der Waals surface area contributed by atoms with Crippen LogP contribution in [0.4, 0.5) is 4.79 Å². The Morgan fingerprint density at radius 3 is 2.46 bits per heavy atom. The molecule has 0 unspecified atom stereocenters. The van der Waals surface area contributed by atoms with E-state index < -0.39 is 11.9 Å². The van der Waals surface area contributed by atoms with Crippen LogP contribution in [0, 0.1) is 0 Å². The van der Waals surface area contributed by atoms with Crippen molar-refractivity contribution in [3.8, 4) is 0 Å². The third-order valence-electron chi connectivity index (χ3n) is 1.45. The first kappa shape index (κ1) is 9.11. The molecule has 0 aliphatic carbocycles. The van der Waals surface area contributed by atoms with Crippen molar-refractivity contribution < 1.29 is 9.59 Å². The van der Waals surface area contributed by atoms with Crippen LogP contribution in [-0.4, -0.2) is 11.9 Å². The fourth-order valence-corrected chi connectivity index (χ4v) is 0.966. The number of nitrogens with two attached hydrogens (primary N) is 1. The molecule has 0 saturated heterocycles. The SMILES string of the molecule is C=C1NC(C)=C(C(=O)NC(N)=O)N1. The van der Waals surface area contributed by atoms with Crippen LogP contribution in [0.25, 0.3) is 0 Å². The van der Waals surface area contributed by atoms with Gasteiger partial charge in [0, 0.05) is 5.70 Å². The second kappa shape index (κ2) is 3.18. The Kier molecular flexibility index (Phi) is 2.23. The van der Waals surface area contributed by atoms with E-state index in [0.717, 1.165) is 0 Å². The molecule has 6 heteroatoms. The maximum atomic E-state index is 11.2. The van der Waals surface area contributed by atoms with E-state index in [0.29, 0.717) is 11.5 Å². The molecule has 6 nitrogen and oxygen atoms in total. The molecule has 0 aromatic rings. The number of rotatable bonds is 1. The van der Waals surface area contributed by atoms with Gasteiger partial charge in [-0.2, -0.15) is 0 Å². The van der Waals surface area contributed by atoms with E-state index in [1.165, 1.54) is 0 Å². The molecule has 1 aliphatic rings. The summed E-state index contributed by atoms with van der Waals surface area (Å²) in [6.07, 6.45) is 0. The third-order valence-corrected chi connectivity index (χ3v) is 1.45. The normalized spacial score (nSPS) is 15.0. The van der Waals surface area contributed by atoms with Crippen LogP contribution in [0.1, 0.15) is 6.92 Å². The number of nitrogens with one attached hydrogen (secondary N) is 3. The summed E-state index contributed by atoms with van der Waals surface area (Å²) in [5, 5.41) is 7.38. The molecule has 0 spiro atoms. The number of carbonyl (C=O) groups excluding carboxylic acids is 2. The molecule has 1 aliphatic heterocycles. The first-order valence-corrected chi connectivity index (χ1v) is 3.55. The Labute approximate surface area is 74.9 Å². The quantitative estimate of drug-likeness (QED) is 0.421. The van der Waals surface area contributed by atoms with E-state index in [2.05, 4.69) is 17.2 Å². The first-order chi connectivity index (χ1) is 6.00. The zero-order chi connectivity index (χ0) is 10.0. The van der Waals surface area contributed by atoms with Crippen molar-refractivity contribution in [2.45, 2.75) is 6.92 Å². The topological polar surface area (TPSA) is 96.2 Å². The highest BCUT2D eigenvalue weighted by atomic mass is 16.2. The summed E-state index contributed by atoms with van der Waals surface area (Å²) in [6.45, 7) is 5.24. The molecule has 0 aromatic heterocycles. The average molecular weight is 182 g/mol. The summed E-state index contributed by atoms with van der Waals surface area (Å²) >= 11 is 0. The van der Waals surface area contributed by atoms with Crippen molar-refractivity contribution in [2.24, 2.45) is 5.73 Å². The molecule has 1 heterocycles. The molecule has 13 heavy (non-hydrogen) atoms. The van der Waals surface area contributed by atoms with Crippen molar-refractivity contribution in [3.05, 3.63) is 23.8 Å². The van der Waals surface area contributed by atoms with E-state index in [-0.39, 0.29) is 5.70 Å². The smallest absolute Gasteiger partial charge is 0.319 e. The number of amides is 3. The fraction of sp³-hybridized carbons (Fsp3) is 0.143. The Balaban J connectivity index is 2.72. The number of imide groups is 1. The molecule has 5 N–H and O–H groups in total. The number of hydrogen-bond acceptors (Lipinski definition) is 4. The van der Waals surface area contributed by atoms with Gasteiger partial charge in [0.05, 0.1) is 0 Å². The van der Waals surface area contributed by atoms with Crippen molar-refractivity contribution in [1.29, 1.82) is 0 Å². The number of allylic oxidation sites excluding steroid dienone is 1. The van der Waals surface area contributed by atoms with Crippen LogP contribution >= 0.6 is 0 Å². The molecule has 0 radical (unpaired) electrons. The van der Waals surface area contributed by atoms with Gasteiger partial charge in [-0.1, -0.05) is 6.58 Å². The van der Waals surface area contributed by atoms with Crippen LogP contribution in [-0.2, 0) is 4.79 Å². The lowest BCUT2D eigenvalue weighted by atomic mass is 10.3. The third kappa shape index (κ3) is 1.98. The van der Waals surface area contributed by atoms with Crippen molar-refractivity contribution in [3.63, 3.8) is 0 Å². The van der Waals surface area contributed by atoms with Crippen molar-refractivity contribution in [1.82, 2.24) is 16.0 Å². The lowest BCUT2D eigenvalue weighted by Gasteiger charge is -2.02. The molecule has 0 atom stereocenters. The van der Waals surface area contributed by atoms with Crippen LogP contribution in [0.2, 0.25) is 0 Å². The van der Waals surface area contributed by atoms with E-state index in [1.807, 2.05) is 5.32 Å². The van der Waals surface area contributed by atoms with Gasteiger partial charge in [0.1, 0.15) is 11.5 Å². The summed E-state index contributed by atoms with van der Waals surface area (Å²) in [5.74, 6) is -0.0803. The van der Waals surface area contributed by atoms with Gasteiger partial charge in [-0.15, -0.1) is 0 Å². The van der Waals surface area contributed by atoms with E-state index >= 15 is 0 Å². The molecular formula is C7H10N4O2.